The molecule has 0 aliphatic carbocycles. The number of alkyl halides is 2. The molecule has 2 N–H and O–H groups in total. The number of carboxylic acids is 1. The molecule has 4 rings (SSSR count). The van der Waals surface area contributed by atoms with E-state index in [9.17, 15) is 18.4 Å². The molecule has 0 spiro atoms. The number of Topliss-reactive ketones (excluding diaryl/α,β-unsaturated/α-hetero) is 1. The predicted octanol–water partition coefficient (Wildman–Crippen LogP) is 7.23. The minimum Gasteiger partial charge on any atom is -0.477 e. The Morgan fingerprint density at radius 1 is 1.07 bits per heavy atom. The Morgan fingerprint density at radius 2 is 1.81 bits per heavy atom. The molecule has 224 valence electrons. The number of pyridine rings is 1. The summed E-state index contributed by atoms with van der Waals surface area (Å²) in [7, 11) is 0. The SMILES string of the molecule is CCCC(C[C@@H](C)C(C)CCC(=O)c1ccnc(C(=O)O)c1)N1Cc2cnc(Nc3ccc(C(C)(F)F)cc3)nc2C1. The second kappa shape index (κ2) is 13.5. The van der Waals surface area contributed by atoms with Crippen LogP contribution in [0.3, 0.4) is 0 Å². The third kappa shape index (κ3) is 7.94. The average Bonchev–Trinajstić information content (AvgIpc) is 3.38. The van der Waals surface area contributed by atoms with Gasteiger partial charge in [0, 0.05) is 67.2 Å². The van der Waals surface area contributed by atoms with E-state index >= 15 is 0 Å². The zero-order valence-electron chi connectivity index (χ0n) is 24.6. The Hall–Kier alpha value is -3.79. The lowest BCUT2D eigenvalue weighted by molar-refractivity contribution is 0.0175. The predicted molar refractivity (Wildman–Crippen MR) is 157 cm³/mol. The van der Waals surface area contributed by atoms with Gasteiger partial charge in [-0.05, 0) is 55.4 Å². The van der Waals surface area contributed by atoms with Crippen molar-refractivity contribution in [2.24, 2.45) is 11.8 Å². The van der Waals surface area contributed by atoms with Gasteiger partial charge in [0.2, 0.25) is 5.95 Å². The van der Waals surface area contributed by atoms with Gasteiger partial charge in [-0.2, -0.15) is 0 Å². The summed E-state index contributed by atoms with van der Waals surface area (Å²) < 4.78 is 27.1. The fraction of sp³-hybridized carbons (Fsp3) is 0.469. The average molecular weight is 580 g/mol. The first kappa shape index (κ1) is 31.2. The molecule has 0 amide bonds. The Morgan fingerprint density at radius 3 is 2.48 bits per heavy atom. The highest BCUT2D eigenvalue weighted by Gasteiger charge is 2.29. The highest BCUT2D eigenvalue weighted by molar-refractivity contribution is 5.98. The molecule has 2 unspecified atom stereocenters. The second-order valence-electron chi connectivity index (χ2n) is 11.5. The van der Waals surface area contributed by atoms with E-state index in [1.54, 1.807) is 18.2 Å². The van der Waals surface area contributed by atoms with Crippen molar-refractivity contribution in [3.8, 4) is 0 Å². The Kier molecular flexibility index (Phi) is 9.98. The number of carbonyl (C=O) groups excluding carboxylic acids is 1. The topological polar surface area (TPSA) is 108 Å². The number of aromatic nitrogens is 3. The van der Waals surface area contributed by atoms with E-state index in [1.165, 1.54) is 24.4 Å². The summed E-state index contributed by atoms with van der Waals surface area (Å²) in [4.78, 5) is 39.3. The fourth-order valence-electron chi connectivity index (χ4n) is 5.42. The Bertz CT molecular complexity index is 1390. The molecule has 1 aromatic carbocycles. The van der Waals surface area contributed by atoms with E-state index in [4.69, 9.17) is 10.1 Å². The number of aromatic carboxylic acids is 1. The lowest BCUT2D eigenvalue weighted by Crippen LogP contribution is -2.33. The number of nitrogens with zero attached hydrogens (tertiary/aromatic N) is 4. The normalized spacial score (nSPS) is 15.6. The van der Waals surface area contributed by atoms with Crippen molar-refractivity contribution in [2.75, 3.05) is 5.32 Å². The van der Waals surface area contributed by atoms with Gasteiger partial charge in [-0.15, -0.1) is 0 Å². The quantitative estimate of drug-likeness (QED) is 0.193. The van der Waals surface area contributed by atoms with Gasteiger partial charge in [0.05, 0.1) is 5.69 Å². The molecule has 0 fully saturated rings. The highest BCUT2D eigenvalue weighted by atomic mass is 19.3. The third-order valence-electron chi connectivity index (χ3n) is 8.21. The number of carbonyl (C=O) groups is 2. The van der Waals surface area contributed by atoms with Crippen molar-refractivity contribution in [1.29, 1.82) is 0 Å². The van der Waals surface area contributed by atoms with Crippen molar-refractivity contribution in [2.45, 2.75) is 84.9 Å². The molecular weight excluding hydrogens is 540 g/mol. The number of fused-ring (bicyclic) bond motifs is 1. The van der Waals surface area contributed by atoms with Crippen molar-refractivity contribution in [3.63, 3.8) is 0 Å². The first-order chi connectivity index (χ1) is 19.9. The fourth-order valence-corrected chi connectivity index (χ4v) is 5.42. The van der Waals surface area contributed by atoms with Crippen molar-refractivity contribution >= 4 is 23.4 Å². The zero-order chi connectivity index (χ0) is 30.4. The molecule has 0 saturated carbocycles. The van der Waals surface area contributed by atoms with Crippen LogP contribution < -0.4 is 5.32 Å². The summed E-state index contributed by atoms with van der Waals surface area (Å²) >= 11 is 0. The summed E-state index contributed by atoms with van der Waals surface area (Å²) in [5, 5.41) is 12.3. The van der Waals surface area contributed by atoms with Crippen LogP contribution in [0, 0.1) is 11.8 Å². The maximum absolute atomic E-state index is 13.5. The first-order valence-electron chi connectivity index (χ1n) is 14.5. The van der Waals surface area contributed by atoms with E-state index in [0.29, 0.717) is 48.0 Å². The molecule has 0 radical (unpaired) electrons. The van der Waals surface area contributed by atoms with E-state index in [2.05, 4.69) is 41.0 Å². The van der Waals surface area contributed by atoms with Gasteiger partial charge in [-0.1, -0.05) is 39.3 Å². The van der Waals surface area contributed by atoms with Crippen LogP contribution in [0.25, 0.3) is 0 Å². The first-order valence-corrected chi connectivity index (χ1v) is 14.5. The number of benzene rings is 1. The lowest BCUT2D eigenvalue weighted by Gasteiger charge is -2.31. The number of rotatable bonds is 14. The van der Waals surface area contributed by atoms with Crippen molar-refractivity contribution < 1.29 is 23.5 Å². The summed E-state index contributed by atoms with van der Waals surface area (Å²) in [6, 6.07) is 9.28. The number of halogens is 2. The van der Waals surface area contributed by atoms with Gasteiger partial charge >= 0.3 is 5.97 Å². The molecule has 3 atom stereocenters. The standard InChI is InChI=1S/C32H39F2N5O3/c1-5-6-26(15-21(3)20(2)7-12-29(40)22-13-14-35-27(16-22)30(41)42)39-18-23-17-36-31(38-28(23)19-39)37-25-10-8-24(9-11-25)32(4,33)34/h8-11,13-14,16-17,20-21,26H,5-7,12,15,18-19H2,1-4H3,(H,41,42)(H,36,37,38)/t20?,21-,26?/m1/s1. The van der Waals surface area contributed by atoms with E-state index in [-0.39, 0.29) is 17.0 Å². The monoisotopic (exact) mass is 579 g/mol. The van der Waals surface area contributed by atoms with Gasteiger partial charge in [-0.25, -0.2) is 28.5 Å². The van der Waals surface area contributed by atoms with E-state index in [1.807, 2.05) is 6.20 Å². The largest absolute Gasteiger partial charge is 0.477 e. The molecule has 3 heterocycles. The van der Waals surface area contributed by atoms with Crippen LogP contribution in [0.2, 0.25) is 0 Å². The van der Waals surface area contributed by atoms with Crippen LogP contribution in [0.5, 0.6) is 0 Å². The summed E-state index contributed by atoms with van der Waals surface area (Å²) in [5.74, 6) is -2.97. The second-order valence-corrected chi connectivity index (χ2v) is 11.5. The Balaban J connectivity index is 1.33. The number of hydrogen-bond acceptors (Lipinski definition) is 7. The van der Waals surface area contributed by atoms with Crippen LogP contribution in [0.4, 0.5) is 20.4 Å². The molecule has 0 saturated heterocycles. The van der Waals surface area contributed by atoms with Gasteiger partial charge in [0.25, 0.3) is 5.92 Å². The molecule has 10 heteroatoms. The summed E-state index contributed by atoms with van der Waals surface area (Å²) in [5.41, 5.74) is 2.92. The molecule has 42 heavy (non-hydrogen) atoms. The van der Waals surface area contributed by atoms with Crippen LogP contribution in [0.1, 0.15) is 97.5 Å². The molecule has 1 aliphatic rings. The minimum atomic E-state index is -2.89. The van der Waals surface area contributed by atoms with Crippen LogP contribution >= 0.6 is 0 Å². The number of hydrogen-bond donors (Lipinski definition) is 2. The van der Waals surface area contributed by atoms with E-state index in [0.717, 1.165) is 50.4 Å². The molecular formula is C32H39F2N5O3. The van der Waals surface area contributed by atoms with Crippen LogP contribution in [-0.4, -0.2) is 42.8 Å². The molecule has 0 bridgehead atoms. The molecule has 1 aliphatic heterocycles. The molecule has 3 aromatic rings. The molecule has 8 nitrogen and oxygen atoms in total. The zero-order valence-corrected chi connectivity index (χ0v) is 24.6. The smallest absolute Gasteiger partial charge is 0.354 e. The van der Waals surface area contributed by atoms with Crippen LogP contribution in [-0.2, 0) is 19.0 Å². The number of anilines is 2. The molecule has 2 aromatic heterocycles. The maximum atomic E-state index is 13.5. The minimum absolute atomic E-state index is 0.0428. The van der Waals surface area contributed by atoms with Gasteiger partial charge in [0.1, 0.15) is 5.69 Å². The Labute approximate surface area is 245 Å². The van der Waals surface area contributed by atoms with E-state index < -0.39 is 11.9 Å². The number of nitrogens with one attached hydrogen (secondary N) is 1. The lowest BCUT2D eigenvalue weighted by atomic mass is 9.84. The third-order valence-corrected chi connectivity index (χ3v) is 8.21. The van der Waals surface area contributed by atoms with Gasteiger partial charge in [-0.3, -0.25) is 9.69 Å². The van der Waals surface area contributed by atoms with Gasteiger partial charge < -0.3 is 10.4 Å². The van der Waals surface area contributed by atoms with Crippen molar-refractivity contribution in [1.82, 2.24) is 19.9 Å². The number of carboxylic acid groups (broad SMARTS) is 1. The highest BCUT2D eigenvalue weighted by Crippen LogP contribution is 2.32. The van der Waals surface area contributed by atoms with Crippen LogP contribution in [0.15, 0.2) is 48.8 Å². The van der Waals surface area contributed by atoms with Crippen molar-refractivity contribution in [3.05, 3.63) is 76.9 Å². The van der Waals surface area contributed by atoms with Gasteiger partial charge in [0.15, 0.2) is 5.78 Å². The number of ketones is 1. The summed E-state index contributed by atoms with van der Waals surface area (Å²) in [6.45, 7) is 8.96. The maximum Gasteiger partial charge on any atom is 0.354 e. The summed E-state index contributed by atoms with van der Waals surface area (Å²) in [6.07, 6.45) is 7.38.